The lowest BCUT2D eigenvalue weighted by atomic mass is 10.1. The molecule has 17 heavy (non-hydrogen) atoms. The lowest BCUT2D eigenvalue weighted by Crippen LogP contribution is -2.23. The molecule has 0 spiro atoms. The van der Waals surface area contributed by atoms with Crippen molar-refractivity contribution in [1.29, 1.82) is 0 Å². The number of carbonyl (C=O) groups is 1. The number of hydrogen-bond acceptors (Lipinski definition) is 4. The standard InChI is InChI=1S/C11H13N2O3S/c1-2-3-4-9-5-6-13-11(7-9)17(15,16)8-10(12)14/h2,4-7H,1,3,8H2,(H2,12,14). The second-order valence-electron chi connectivity index (χ2n) is 3.38. The molecule has 0 unspecified atom stereocenters. The fourth-order valence-electron chi connectivity index (χ4n) is 1.20. The monoisotopic (exact) mass is 253 g/mol. The average molecular weight is 253 g/mol. The highest BCUT2D eigenvalue weighted by atomic mass is 32.2. The Morgan fingerprint density at radius 2 is 2.24 bits per heavy atom. The molecule has 0 aromatic carbocycles. The van der Waals surface area contributed by atoms with Gasteiger partial charge in [-0.05, 0) is 30.5 Å². The lowest BCUT2D eigenvalue weighted by molar-refractivity contribution is -0.115. The van der Waals surface area contributed by atoms with Crippen LogP contribution in [-0.2, 0) is 14.6 Å². The quantitative estimate of drug-likeness (QED) is 0.746. The van der Waals surface area contributed by atoms with Crippen molar-refractivity contribution in [3.63, 3.8) is 0 Å². The number of carbonyl (C=O) groups excluding carboxylic acids is 1. The number of aromatic nitrogens is 1. The van der Waals surface area contributed by atoms with Gasteiger partial charge in [0.15, 0.2) is 5.03 Å². The first-order valence-electron chi connectivity index (χ1n) is 4.87. The van der Waals surface area contributed by atoms with Gasteiger partial charge < -0.3 is 5.73 Å². The van der Waals surface area contributed by atoms with Gasteiger partial charge in [-0.3, -0.25) is 4.79 Å². The Morgan fingerprint density at radius 3 is 2.82 bits per heavy atom. The van der Waals surface area contributed by atoms with Crippen LogP contribution in [0.25, 0.3) is 0 Å². The maximum absolute atomic E-state index is 11.7. The Kier molecular flexibility index (Phi) is 4.39. The highest BCUT2D eigenvalue weighted by Gasteiger charge is 2.19. The summed E-state index contributed by atoms with van der Waals surface area (Å²) in [6.45, 7) is 3.56. The molecule has 1 radical (unpaired) electrons. The van der Waals surface area contributed by atoms with Crippen LogP contribution in [0.5, 0.6) is 0 Å². The minimum Gasteiger partial charge on any atom is -0.369 e. The molecule has 2 N–H and O–H groups in total. The first-order chi connectivity index (χ1) is 7.95. The van der Waals surface area contributed by atoms with Crippen LogP contribution in [0, 0.1) is 6.42 Å². The highest BCUT2D eigenvalue weighted by molar-refractivity contribution is 7.92. The van der Waals surface area contributed by atoms with Crippen LogP contribution in [0.4, 0.5) is 0 Å². The van der Waals surface area contributed by atoms with Gasteiger partial charge in [-0.25, -0.2) is 13.4 Å². The van der Waals surface area contributed by atoms with Gasteiger partial charge in [0.05, 0.1) is 0 Å². The highest BCUT2D eigenvalue weighted by Crippen LogP contribution is 2.12. The summed E-state index contributed by atoms with van der Waals surface area (Å²) in [7, 11) is -3.74. The zero-order valence-electron chi connectivity index (χ0n) is 9.17. The Hall–Kier alpha value is -1.69. The summed E-state index contributed by atoms with van der Waals surface area (Å²) in [4.78, 5) is 14.4. The van der Waals surface area contributed by atoms with Gasteiger partial charge in [-0.15, -0.1) is 6.58 Å². The van der Waals surface area contributed by atoms with Crippen LogP contribution in [0.3, 0.4) is 0 Å². The van der Waals surface area contributed by atoms with Crippen LogP contribution >= 0.6 is 0 Å². The summed E-state index contributed by atoms with van der Waals surface area (Å²) in [5.41, 5.74) is 5.58. The van der Waals surface area contributed by atoms with Crippen LogP contribution in [0.15, 0.2) is 36.0 Å². The van der Waals surface area contributed by atoms with E-state index in [4.69, 9.17) is 5.73 Å². The zero-order chi connectivity index (χ0) is 12.9. The molecule has 0 bridgehead atoms. The van der Waals surface area contributed by atoms with E-state index >= 15 is 0 Å². The Morgan fingerprint density at radius 1 is 1.53 bits per heavy atom. The van der Waals surface area contributed by atoms with Crippen molar-refractivity contribution in [2.75, 3.05) is 5.75 Å². The van der Waals surface area contributed by atoms with Crippen molar-refractivity contribution in [2.45, 2.75) is 11.4 Å². The van der Waals surface area contributed by atoms with E-state index in [1.54, 1.807) is 18.6 Å². The molecule has 0 fully saturated rings. The van der Waals surface area contributed by atoms with E-state index in [0.29, 0.717) is 12.0 Å². The van der Waals surface area contributed by atoms with Crippen LogP contribution in [0.1, 0.15) is 12.0 Å². The second-order valence-corrected chi connectivity index (χ2v) is 5.32. The summed E-state index contributed by atoms with van der Waals surface area (Å²) in [5.74, 6) is -1.63. The maximum Gasteiger partial charge on any atom is 0.233 e. The van der Waals surface area contributed by atoms with Crippen molar-refractivity contribution in [3.8, 4) is 0 Å². The Bertz CT molecular complexity index is 523. The van der Waals surface area contributed by atoms with Crippen LogP contribution in [-0.4, -0.2) is 25.1 Å². The van der Waals surface area contributed by atoms with E-state index in [1.165, 1.54) is 12.3 Å². The van der Waals surface area contributed by atoms with Crippen molar-refractivity contribution in [1.82, 2.24) is 4.98 Å². The van der Waals surface area contributed by atoms with Crippen molar-refractivity contribution in [2.24, 2.45) is 5.73 Å². The van der Waals surface area contributed by atoms with Crippen LogP contribution < -0.4 is 5.73 Å². The van der Waals surface area contributed by atoms with E-state index in [9.17, 15) is 13.2 Å². The smallest absolute Gasteiger partial charge is 0.233 e. The first-order valence-corrected chi connectivity index (χ1v) is 6.52. The molecule has 0 saturated heterocycles. The number of nitrogens with zero attached hydrogens (tertiary/aromatic N) is 1. The predicted molar refractivity (Wildman–Crippen MR) is 63.7 cm³/mol. The average Bonchev–Trinajstić information content (AvgIpc) is 2.25. The fraction of sp³-hybridized carbons (Fsp3) is 0.182. The van der Waals surface area contributed by atoms with E-state index in [-0.39, 0.29) is 5.03 Å². The van der Waals surface area contributed by atoms with Gasteiger partial charge in [0, 0.05) is 6.20 Å². The largest absolute Gasteiger partial charge is 0.369 e. The molecule has 6 heteroatoms. The second kappa shape index (κ2) is 5.58. The molecule has 91 valence electrons. The number of amides is 1. The molecule has 0 aliphatic heterocycles. The van der Waals surface area contributed by atoms with Gasteiger partial charge in [0.1, 0.15) is 5.75 Å². The predicted octanol–water partition coefficient (Wildman–Crippen LogP) is 0.469. The van der Waals surface area contributed by atoms with E-state index < -0.39 is 21.5 Å². The van der Waals surface area contributed by atoms with Crippen molar-refractivity contribution >= 4 is 15.7 Å². The van der Waals surface area contributed by atoms with E-state index in [2.05, 4.69) is 11.6 Å². The normalized spacial score (nSPS) is 11.1. The van der Waals surface area contributed by atoms with Gasteiger partial charge >= 0.3 is 0 Å². The molecule has 1 aromatic rings. The summed E-state index contributed by atoms with van der Waals surface area (Å²) >= 11 is 0. The molecule has 1 heterocycles. The minimum absolute atomic E-state index is 0.144. The number of nitrogens with two attached hydrogens (primary N) is 1. The maximum atomic E-state index is 11.7. The number of allylic oxidation sites excluding steroid dienone is 1. The van der Waals surface area contributed by atoms with E-state index in [0.717, 1.165) is 0 Å². The zero-order valence-corrected chi connectivity index (χ0v) is 9.98. The molecule has 1 amide bonds. The SMILES string of the molecule is C=CC[CH]c1ccnc(S(=O)(=O)CC(N)=O)c1. The molecule has 0 saturated carbocycles. The number of sulfone groups is 1. The topological polar surface area (TPSA) is 90.1 Å². The Labute approximate surface area is 100 Å². The molecule has 0 aliphatic rings. The number of primary amides is 1. The molecule has 1 rings (SSSR count). The molecule has 5 nitrogen and oxygen atoms in total. The van der Waals surface area contributed by atoms with E-state index in [1.807, 2.05) is 0 Å². The summed E-state index contributed by atoms with van der Waals surface area (Å²) in [5, 5.41) is -0.144. The van der Waals surface area contributed by atoms with Crippen LogP contribution in [0.2, 0.25) is 0 Å². The molecule has 1 aromatic heterocycles. The fourth-order valence-corrected chi connectivity index (χ4v) is 2.26. The van der Waals surface area contributed by atoms with Gasteiger partial charge in [0.2, 0.25) is 15.7 Å². The third-order valence-electron chi connectivity index (χ3n) is 1.93. The molecule has 0 aliphatic carbocycles. The Balaban J connectivity index is 2.98. The van der Waals surface area contributed by atoms with Gasteiger partial charge in [0.25, 0.3) is 0 Å². The van der Waals surface area contributed by atoms with Gasteiger partial charge in [-0.1, -0.05) is 6.08 Å². The van der Waals surface area contributed by atoms with Crippen molar-refractivity contribution < 1.29 is 13.2 Å². The number of rotatable bonds is 6. The molecular formula is C11H13N2O3S. The molecule has 0 atom stereocenters. The van der Waals surface area contributed by atoms with Crippen molar-refractivity contribution in [3.05, 3.63) is 43.0 Å². The third-order valence-corrected chi connectivity index (χ3v) is 3.46. The van der Waals surface area contributed by atoms with Gasteiger partial charge in [-0.2, -0.15) is 0 Å². The third kappa shape index (κ3) is 3.99. The minimum atomic E-state index is -3.74. The number of hydrogen-bond donors (Lipinski definition) is 1. The molecular weight excluding hydrogens is 240 g/mol. The number of pyridine rings is 1. The summed E-state index contributed by atoms with van der Waals surface area (Å²) < 4.78 is 23.3. The summed E-state index contributed by atoms with van der Waals surface area (Å²) in [6, 6.07) is 3.08. The summed E-state index contributed by atoms with van der Waals surface area (Å²) in [6.07, 6.45) is 5.50. The lowest BCUT2D eigenvalue weighted by Gasteiger charge is -2.03. The first kappa shape index (κ1) is 13.4.